The number of imidazole rings is 1. The van der Waals surface area contributed by atoms with Crippen LogP contribution in [0.1, 0.15) is 16.8 Å². The third-order valence-corrected chi connectivity index (χ3v) is 3.36. The molecule has 0 saturated heterocycles. The SMILES string of the molecule is COc1ccc(Cl)cc1C(=O)NNC(=O)CCn1cnc([N+](=O)[O-])c1. The van der Waals surface area contributed by atoms with Crippen molar-refractivity contribution in [3.05, 3.63) is 51.4 Å². The van der Waals surface area contributed by atoms with Crippen LogP contribution >= 0.6 is 11.6 Å². The molecule has 0 aliphatic heterocycles. The lowest BCUT2D eigenvalue weighted by atomic mass is 10.2. The zero-order chi connectivity index (χ0) is 18.4. The van der Waals surface area contributed by atoms with Gasteiger partial charge in [-0.1, -0.05) is 11.6 Å². The molecule has 1 heterocycles. The molecule has 2 N–H and O–H groups in total. The Morgan fingerprint density at radius 3 is 2.80 bits per heavy atom. The average Bonchev–Trinajstić information content (AvgIpc) is 3.07. The van der Waals surface area contributed by atoms with Gasteiger partial charge in [-0.25, -0.2) is 0 Å². The van der Waals surface area contributed by atoms with E-state index in [0.29, 0.717) is 10.8 Å². The molecule has 0 aliphatic rings. The molecule has 0 saturated carbocycles. The Hall–Kier alpha value is -3.14. The predicted octanol–water partition coefficient (Wildman–Crippen LogP) is 1.30. The molecule has 2 rings (SSSR count). The Morgan fingerprint density at radius 2 is 2.16 bits per heavy atom. The van der Waals surface area contributed by atoms with Crippen LogP contribution in [-0.4, -0.2) is 33.4 Å². The van der Waals surface area contributed by atoms with E-state index >= 15 is 0 Å². The third-order valence-electron chi connectivity index (χ3n) is 3.13. The summed E-state index contributed by atoms with van der Waals surface area (Å²) in [5.74, 6) is -1.07. The van der Waals surface area contributed by atoms with Crippen molar-refractivity contribution in [2.24, 2.45) is 0 Å². The van der Waals surface area contributed by atoms with Crippen LogP contribution in [0.2, 0.25) is 5.02 Å². The monoisotopic (exact) mass is 367 g/mol. The first-order valence-electron chi connectivity index (χ1n) is 6.99. The maximum absolute atomic E-state index is 12.1. The van der Waals surface area contributed by atoms with E-state index in [1.54, 1.807) is 6.07 Å². The summed E-state index contributed by atoms with van der Waals surface area (Å²) in [6, 6.07) is 4.51. The Kier molecular flexibility index (Phi) is 5.90. The summed E-state index contributed by atoms with van der Waals surface area (Å²) in [4.78, 5) is 37.3. The second kappa shape index (κ2) is 8.11. The molecular weight excluding hydrogens is 354 g/mol. The van der Waals surface area contributed by atoms with Crippen molar-refractivity contribution in [1.29, 1.82) is 0 Å². The zero-order valence-corrected chi connectivity index (χ0v) is 13.8. The molecule has 10 nitrogen and oxygen atoms in total. The summed E-state index contributed by atoms with van der Waals surface area (Å²) < 4.78 is 6.46. The van der Waals surface area contributed by atoms with Gasteiger partial charge in [0.1, 0.15) is 11.9 Å². The molecule has 1 aromatic heterocycles. The van der Waals surface area contributed by atoms with Crippen LogP contribution < -0.4 is 15.6 Å². The number of aryl methyl sites for hydroxylation is 1. The number of halogens is 1. The molecule has 132 valence electrons. The van der Waals surface area contributed by atoms with Gasteiger partial charge < -0.3 is 19.4 Å². The molecule has 2 amide bonds. The summed E-state index contributed by atoms with van der Waals surface area (Å²) >= 11 is 5.84. The highest BCUT2D eigenvalue weighted by Gasteiger charge is 2.14. The lowest BCUT2D eigenvalue weighted by molar-refractivity contribution is -0.389. The average molecular weight is 368 g/mol. The summed E-state index contributed by atoms with van der Waals surface area (Å²) in [6.07, 6.45) is 2.45. The van der Waals surface area contributed by atoms with Crippen LogP contribution in [0.25, 0.3) is 0 Å². The first kappa shape index (κ1) is 18.2. The van der Waals surface area contributed by atoms with Crippen LogP contribution in [0.4, 0.5) is 5.82 Å². The number of rotatable bonds is 6. The van der Waals surface area contributed by atoms with Gasteiger partial charge in [0.25, 0.3) is 5.91 Å². The number of ether oxygens (including phenoxy) is 1. The number of amides is 2. The van der Waals surface area contributed by atoms with Gasteiger partial charge in [-0.2, -0.15) is 0 Å². The van der Waals surface area contributed by atoms with Gasteiger partial charge in [0.05, 0.1) is 12.7 Å². The minimum atomic E-state index is -0.630. The molecule has 0 unspecified atom stereocenters. The minimum Gasteiger partial charge on any atom is -0.496 e. The molecule has 0 aliphatic carbocycles. The Labute approximate surface area is 146 Å². The number of aromatic nitrogens is 2. The van der Waals surface area contributed by atoms with Crippen molar-refractivity contribution in [1.82, 2.24) is 20.4 Å². The molecule has 0 radical (unpaired) electrons. The highest BCUT2D eigenvalue weighted by Crippen LogP contribution is 2.22. The number of nitro groups is 1. The standard InChI is InChI=1S/C14H14ClN5O5/c1-25-11-3-2-9(15)6-10(11)14(22)18-17-13(21)4-5-19-7-12(16-8-19)20(23)24/h2-3,6-8H,4-5H2,1H3,(H,17,21)(H,18,22). The topological polar surface area (TPSA) is 128 Å². The van der Waals surface area contributed by atoms with Gasteiger partial charge in [-0.15, -0.1) is 0 Å². The number of hydrazine groups is 1. The maximum Gasteiger partial charge on any atom is 0.381 e. The normalized spacial score (nSPS) is 10.2. The van der Waals surface area contributed by atoms with E-state index in [4.69, 9.17) is 16.3 Å². The Balaban J connectivity index is 1.86. The first-order valence-corrected chi connectivity index (χ1v) is 7.37. The fraction of sp³-hybridized carbons (Fsp3) is 0.214. The number of carbonyl (C=O) groups is 2. The van der Waals surface area contributed by atoms with Crippen LogP contribution in [0.15, 0.2) is 30.7 Å². The van der Waals surface area contributed by atoms with Gasteiger partial charge in [0.15, 0.2) is 0 Å². The van der Waals surface area contributed by atoms with E-state index < -0.39 is 16.7 Å². The van der Waals surface area contributed by atoms with Crippen molar-refractivity contribution in [2.45, 2.75) is 13.0 Å². The second-order valence-electron chi connectivity index (χ2n) is 4.82. The van der Waals surface area contributed by atoms with Crippen LogP contribution in [0.5, 0.6) is 5.75 Å². The molecule has 2 aromatic rings. The number of methoxy groups -OCH3 is 1. The highest BCUT2D eigenvalue weighted by atomic mass is 35.5. The van der Waals surface area contributed by atoms with Crippen molar-refractivity contribution in [2.75, 3.05) is 7.11 Å². The predicted molar refractivity (Wildman–Crippen MR) is 87.1 cm³/mol. The quantitative estimate of drug-likeness (QED) is 0.585. The van der Waals surface area contributed by atoms with Gasteiger partial charge in [-0.3, -0.25) is 20.4 Å². The number of hydrogen-bond donors (Lipinski definition) is 2. The molecular formula is C14H14ClN5O5. The molecule has 25 heavy (non-hydrogen) atoms. The van der Waals surface area contributed by atoms with Gasteiger partial charge >= 0.3 is 5.82 Å². The van der Waals surface area contributed by atoms with Crippen LogP contribution in [0, 0.1) is 10.1 Å². The summed E-state index contributed by atoms with van der Waals surface area (Å²) in [7, 11) is 1.41. The lowest BCUT2D eigenvalue weighted by Crippen LogP contribution is -2.42. The molecule has 11 heteroatoms. The van der Waals surface area contributed by atoms with E-state index in [0.717, 1.165) is 0 Å². The molecule has 1 aromatic carbocycles. The lowest BCUT2D eigenvalue weighted by Gasteiger charge is -2.10. The van der Waals surface area contributed by atoms with Gasteiger partial charge in [0, 0.05) is 18.0 Å². The third kappa shape index (κ3) is 4.91. The first-order chi connectivity index (χ1) is 11.9. The molecule has 0 spiro atoms. The summed E-state index contributed by atoms with van der Waals surface area (Å²) in [5, 5.41) is 10.9. The fourth-order valence-electron chi connectivity index (χ4n) is 1.91. The second-order valence-corrected chi connectivity index (χ2v) is 5.26. The zero-order valence-electron chi connectivity index (χ0n) is 13.1. The van der Waals surface area contributed by atoms with E-state index in [9.17, 15) is 19.7 Å². The highest BCUT2D eigenvalue weighted by molar-refractivity contribution is 6.31. The smallest absolute Gasteiger partial charge is 0.381 e. The van der Waals surface area contributed by atoms with Crippen molar-refractivity contribution >= 4 is 29.2 Å². The van der Waals surface area contributed by atoms with Crippen molar-refractivity contribution < 1.29 is 19.2 Å². The number of hydrogen-bond acceptors (Lipinski definition) is 6. The largest absolute Gasteiger partial charge is 0.496 e. The van der Waals surface area contributed by atoms with E-state index in [1.807, 2.05) is 0 Å². The van der Waals surface area contributed by atoms with Crippen LogP contribution in [-0.2, 0) is 11.3 Å². The number of benzene rings is 1. The van der Waals surface area contributed by atoms with Crippen molar-refractivity contribution in [3.63, 3.8) is 0 Å². The Morgan fingerprint density at radius 1 is 1.40 bits per heavy atom. The van der Waals surface area contributed by atoms with E-state index in [2.05, 4.69) is 15.8 Å². The number of nitrogens with zero attached hydrogens (tertiary/aromatic N) is 3. The Bertz CT molecular complexity index is 807. The number of carbonyl (C=O) groups excluding carboxylic acids is 2. The molecule has 0 atom stereocenters. The van der Waals surface area contributed by atoms with E-state index in [1.165, 1.54) is 36.3 Å². The fourth-order valence-corrected chi connectivity index (χ4v) is 2.08. The van der Waals surface area contributed by atoms with Gasteiger partial charge in [0.2, 0.25) is 12.2 Å². The van der Waals surface area contributed by atoms with Gasteiger partial charge in [-0.05, 0) is 28.1 Å². The minimum absolute atomic E-state index is 0.0134. The number of nitrogens with one attached hydrogen (secondary N) is 2. The van der Waals surface area contributed by atoms with Crippen LogP contribution in [0.3, 0.4) is 0 Å². The summed E-state index contributed by atoms with van der Waals surface area (Å²) in [6.45, 7) is 0.170. The maximum atomic E-state index is 12.1. The van der Waals surface area contributed by atoms with Crippen molar-refractivity contribution in [3.8, 4) is 5.75 Å². The summed E-state index contributed by atoms with van der Waals surface area (Å²) in [5.41, 5.74) is 4.66. The van der Waals surface area contributed by atoms with E-state index in [-0.39, 0.29) is 24.3 Å². The molecule has 0 bridgehead atoms. The molecule has 0 fully saturated rings.